The fraction of sp³-hybridized carbons (Fsp3) is 0.0517. The Morgan fingerprint density at radius 2 is 0.968 bits per heavy atom. The third-order valence-electron chi connectivity index (χ3n) is 13.0. The van der Waals surface area contributed by atoms with Crippen LogP contribution in [0.15, 0.2) is 201 Å². The van der Waals surface area contributed by atoms with Crippen molar-refractivity contribution in [2.45, 2.75) is 19.3 Å². The van der Waals surface area contributed by atoms with Gasteiger partial charge in [-0.05, 0) is 106 Å². The van der Waals surface area contributed by atoms with Crippen molar-refractivity contribution in [2.24, 2.45) is 0 Å². The van der Waals surface area contributed by atoms with Gasteiger partial charge in [0.2, 0.25) is 0 Å². The lowest BCUT2D eigenvalue weighted by Gasteiger charge is -2.22. The summed E-state index contributed by atoms with van der Waals surface area (Å²) in [6.45, 7) is 8.74. The number of hydrogen-bond acceptors (Lipinski definition) is 3. The molecule has 0 N–H and O–H groups in total. The molecule has 5 nitrogen and oxygen atoms in total. The number of hydrogen-bond donors (Lipinski definition) is 0. The normalized spacial score (nSPS) is 12.8. The van der Waals surface area contributed by atoms with E-state index >= 15 is 0 Å². The van der Waals surface area contributed by atoms with Crippen LogP contribution in [0, 0.1) is 0 Å². The summed E-state index contributed by atoms with van der Waals surface area (Å²) in [4.78, 5) is 15.7. The molecule has 0 amide bonds. The summed E-state index contributed by atoms with van der Waals surface area (Å²) in [5, 5.41) is 3.59. The third kappa shape index (κ3) is 5.88. The average Bonchev–Trinajstić information content (AvgIpc) is 3.97. The topological polar surface area (TPSA) is 48.5 Å². The minimum absolute atomic E-state index is 0.138. The van der Waals surface area contributed by atoms with Gasteiger partial charge in [-0.1, -0.05) is 148 Å². The van der Waals surface area contributed by atoms with Crippen molar-refractivity contribution in [3.8, 4) is 67.8 Å². The Balaban J connectivity index is 1.06. The number of nitrogens with zero attached hydrogens (tertiary/aromatic N) is 5. The molecule has 0 saturated heterocycles. The van der Waals surface area contributed by atoms with E-state index in [9.17, 15) is 0 Å². The summed E-state index contributed by atoms with van der Waals surface area (Å²) < 4.78 is 4.59. The van der Waals surface area contributed by atoms with Gasteiger partial charge in [0.15, 0.2) is 17.5 Å². The van der Waals surface area contributed by atoms with Gasteiger partial charge in [-0.25, -0.2) is 15.0 Å². The van der Waals surface area contributed by atoms with Crippen LogP contribution in [-0.2, 0) is 5.41 Å². The Labute approximate surface area is 366 Å². The Hall–Kier alpha value is -8.15. The molecular formula is C58H41N5. The van der Waals surface area contributed by atoms with Gasteiger partial charge in [-0.3, -0.25) is 0 Å². The van der Waals surface area contributed by atoms with Crippen molar-refractivity contribution in [3.63, 3.8) is 0 Å². The van der Waals surface area contributed by atoms with E-state index in [1.807, 2.05) is 24.3 Å². The zero-order valence-electron chi connectivity index (χ0n) is 35.0. The highest BCUT2D eigenvalue weighted by atomic mass is 15.0. The Morgan fingerprint density at radius 3 is 1.67 bits per heavy atom. The maximum absolute atomic E-state index is 5.31. The maximum atomic E-state index is 5.31. The summed E-state index contributed by atoms with van der Waals surface area (Å²) in [6, 6.07) is 67.0. The van der Waals surface area contributed by atoms with Crippen LogP contribution >= 0.6 is 0 Å². The average molecular weight is 808 g/mol. The van der Waals surface area contributed by atoms with Gasteiger partial charge in [0.25, 0.3) is 0 Å². The van der Waals surface area contributed by atoms with Gasteiger partial charge < -0.3 is 9.13 Å². The van der Waals surface area contributed by atoms with Crippen LogP contribution in [0.25, 0.3) is 107 Å². The number of para-hydroxylation sites is 3. The number of benzene rings is 8. The molecule has 0 fully saturated rings. The van der Waals surface area contributed by atoms with E-state index in [0.717, 1.165) is 61.3 Å². The Morgan fingerprint density at radius 1 is 0.429 bits per heavy atom. The monoisotopic (exact) mass is 807 g/mol. The Kier molecular flexibility index (Phi) is 8.28. The van der Waals surface area contributed by atoms with E-state index in [-0.39, 0.29) is 5.41 Å². The fourth-order valence-corrected chi connectivity index (χ4v) is 9.82. The largest absolute Gasteiger partial charge is 0.316 e. The molecule has 12 rings (SSSR count). The van der Waals surface area contributed by atoms with Gasteiger partial charge in [0.05, 0.1) is 16.6 Å². The molecule has 0 unspecified atom stereocenters. The zero-order valence-corrected chi connectivity index (χ0v) is 35.0. The van der Waals surface area contributed by atoms with Crippen molar-refractivity contribution in [3.05, 3.63) is 218 Å². The lowest BCUT2D eigenvalue weighted by Crippen LogP contribution is -2.14. The van der Waals surface area contributed by atoms with Crippen LogP contribution < -0.4 is 0 Å². The highest BCUT2D eigenvalue weighted by molar-refractivity contribution is 6.09. The molecule has 3 heterocycles. The maximum Gasteiger partial charge on any atom is 0.164 e. The first kappa shape index (κ1) is 36.7. The van der Waals surface area contributed by atoms with E-state index in [2.05, 4.69) is 206 Å². The van der Waals surface area contributed by atoms with Gasteiger partial charge in [0, 0.05) is 55.8 Å². The highest BCUT2D eigenvalue weighted by Crippen LogP contribution is 2.50. The smallest absolute Gasteiger partial charge is 0.164 e. The fourth-order valence-electron chi connectivity index (χ4n) is 9.82. The van der Waals surface area contributed by atoms with E-state index in [4.69, 9.17) is 15.0 Å². The Bertz CT molecular complexity index is 3560. The zero-order chi connectivity index (χ0) is 42.2. The minimum Gasteiger partial charge on any atom is -0.316 e. The molecule has 11 aromatic rings. The van der Waals surface area contributed by atoms with Crippen LogP contribution in [0.3, 0.4) is 0 Å². The van der Waals surface area contributed by atoms with Crippen molar-refractivity contribution < 1.29 is 0 Å². The summed E-state index contributed by atoms with van der Waals surface area (Å²) in [6.07, 6.45) is 4.06. The first-order chi connectivity index (χ1) is 30.9. The number of fused-ring (bicyclic) bond motifs is 7. The van der Waals surface area contributed by atoms with E-state index in [1.165, 1.54) is 38.4 Å². The van der Waals surface area contributed by atoms with Gasteiger partial charge in [-0.15, -0.1) is 0 Å². The van der Waals surface area contributed by atoms with Crippen LogP contribution in [0.4, 0.5) is 0 Å². The highest BCUT2D eigenvalue weighted by Gasteiger charge is 2.35. The second kappa shape index (κ2) is 14.2. The molecule has 1 aliphatic rings. The van der Waals surface area contributed by atoms with Crippen molar-refractivity contribution in [1.82, 2.24) is 24.1 Å². The van der Waals surface area contributed by atoms with Crippen molar-refractivity contribution in [2.75, 3.05) is 0 Å². The SMILES string of the molecule is C=Cc1cn(-c2ccc(-c3nc(-c4ccccc4)nc(-c4cc(-c5ccc6c(c5)C(C)(C)c5ccccc5-6)cc(-n5c6ccccc6c6ccccc65)c4)n3)cc2)c2ccccc12. The summed E-state index contributed by atoms with van der Waals surface area (Å²) in [7, 11) is 0. The lowest BCUT2D eigenvalue weighted by molar-refractivity contribution is 0.660. The second-order valence-corrected chi connectivity index (χ2v) is 17.0. The van der Waals surface area contributed by atoms with Crippen LogP contribution in [0.2, 0.25) is 0 Å². The molecule has 298 valence electrons. The molecule has 0 saturated carbocycles. The number of aromatic nitrogens is 5. The molecule has 63 heavy (non-hydrogen) atoms. The molecule has 8 aromatic carbocycles. The molecule has 5 heteroatoms. The first-order valence-electron chi connectivity index (χ1n) is 21.5. The standard InChI is InChI=1S/C58H41N5/c1-4-37-36-62(52-23-13-9-18-45(37)52)43-29-26-39(27-30-43)56-59-55(38-16-6-5-7-17-38)60-57(61-56)42-32-41(40-28-31-47-46-19-8-12-22-50(46)58(2,3)51(47)35-40)33-44(34-42)63-53-24-14-10-20-48(53)49-21-11-15-25-54(49)63/h4-36H,1H2,2-3H3. The minimum atomic E-state index is -0.138. The third-order valence-corrected chi connectivity index (χ3v) is 13.0. The second-order valence-electron chi connectivity index (χ2n) is 17.0. The van der Waals surface area contributed by atoms with Crippen LogP contribution in [-0.4, -0.2) is 24.1 Å². The summed E-state index contributed by atoms with van der Waals surface area (Å²) in [5.41, 5.74) is 16.7. The van der Waals surface area contributed by atoms with E-state index in [0.29, 0.717) is 17.5 Å². The predicted molar refractivity (Wildman–Crippen MR) is 260 cm³/mol. The molecular weight excluding hydrogens is 767 g/mol. The van der Waals surface area contributed by atoms with E-state index < -0.39 is 0 Å². The van der Waals surface area contributed by atoms with Crippen molar-refractivity contribution >= 4 is 38.8 Å². The van der Waals surface area contributed by atoms with Gasteiger partial charge in [0.1, 0.15) is 0 Å². The van der Waals surface area contributed by atoms with Crippen molar-refractivity contribution in [1.29, 1.82) is 0 Å². The van der Waals surface area contributed by atoms with Gasteiger partial charge >= 0.3 is 0 Å². The summed E-state index contributed by atoms with van der Waals surface area (Å²) >= 11 is 0. The van der Waals surface area contributed by atoms with Crippen LogP contribution in [0.5, 0.6) is 0 Å². The van der Waals surface area contributed by atoms with Crippen LogP contribution in [0.1, 0.15) is 30.5 Å². The predicted octanol–water partition coefficient (Wildman–Crippen LogP) is 14.5. The van der Waals surface area contributed by atoms with Gasteiger partial charge in [-0.2, -0.15) is 0 Å². The molecule has 0 atom stereocenters. The number of rotatable bonds is 7. The summed E-state index contributed by atoms with van der Waals surface area (Å²) in [5.74, 6) is 1.83. The molecule has 0 spiro atoms. The lowest BCUT2D eigenvalue weighted by atomic mass is 9.81. The quantitative estimate of drug-likeness (QED) is 0.161. The first-order valence-corrected chi connectivity index (χ1v) is 21.5. The molecule has 3 aromatic heterocycles. The molecule has 0 aliphatic heterocycles. The molecule has 0 bridgehead atoms. The molecule has 1 aliphatic carbocycles. The molecule has 0 radical (unpaired) electrons. The van der Waals surface area contributed by atoms with E-state index in [1.54, 1.807) is 0 Å².